The first kappa shape index (κ1) is 21.5. The van der Waals surface area contributed by atoms with Crippen LogP contribution in [-0.2, 0) is 0 Å². The molecule has 0 aliphatic heterocycles. The molecule has 0 spiro atoms. The maximum Gasteiger partial charge on any atom is 0.269 e. The minimum Gasteiger partial charge on any atom is -0.321 e. The average molecular weight is 464 g/mol. The van der Waals surface area contributed by atoms with E-state index >= 15 is 0 Å². The molecule has 160 valence electrons. The highest BCUT2D eigenvalue weighted by atomic mass is 35.5. The summed E-state index contributed by atoms with van der Waals surface area (Å²) >= 11 is 7.68. The normalized spacial score (nSPS) is 10.6. The van der Waals surface area contributed by atoms with Crippen LogP contribution in [0.4, 0.5) is 5.69 Å². The van der Waals surface area contributed by atoms with Crippen molar-refractivity contribution in [3.05, 3.63) is 99.4 Å². The molecule has 0 aliphatic carbocycles. The van der Waals surface area contributed by atoms with Crippen LogP contribution in [-0.4, -0.2) is 17.7 Å². The van der Waals surface area contributed by atoms with Crippen molar-refractivity contribution in [3.8, 4) is 0 Å². The van der Waals surface area contributed by atoms with Gasteiger partial charge in [0.2, 0.25) is 0 Å². The van der Waals surface area contributed by atoms with Crippen LogP contribution in [0.5, 0.6) is 0 Å². The second kappa shape index (κ2) is 9.21. The van der Waals surface area contributed by atoms with Crippen molar-refractivity contribution in [1.82, 2.24) is 10.9 Å². The van der Waals surface area contributed by atoms with E-state index in [0.717, 1.165) is 15.6 Å². The van der Waals surface area contributed by atoms with E-state index in [-0.39, 0.29) is 5.91 Å². The summed E-state index contributed by atoms with van der Waals surface area (Å²) in [7, 11) is 0. The van der Waals surface area contributed by atoms with Gasteiger partial charge >= 0.3 is 0 Å². The minimum atomic E-state index is -0.476. The molecule has 4 aromatic rings. The minimum absolute atomic E-state index is 0.321. The number of nitrogens with one attached hydrogen (secondary N) is 3. The number of amides is 3. The summed E-state index contributed by atoms with van der Waals surface area (Å²) in [6.07, 6.45) is 0. The van der Waals surface area contributed by atoms with E-state index in [1.807, 2.05) is 43.3 Å². The maximum absolute atomic E-state index is 12.6. The Labute approximate surface area is 193 Å². The molecule has 6 nitrogen and oxygen atoms in total. The highest BCUT2D eigenvalue weighted by molar-refractivity contribution is 7.21. The van der Waals surface area contributed by atoms with Gasteiger partial charge in [-0.1, -0.05) is 47.5 Å². The van der Waals surface area contributed by atoms with Crippen molar-refractivity contribution in [2.45, 2.75) is 6.92 Å². The molecule has 0 saturated heterocycles. The van der Waals surface area contributed by atoms with E-state index < -0.39 is 11.8 Å². The van der Waals surface area contributed by atoms with Crippen molar-refractivity contribution in [3.63, 3.8) is 0 Å². The number of halogens is 1. The van der Waals surface area contributed by atoms with E-state index in [4.69, 9.17) is 11.6 Å². The summed E-state index contributed by atoms with van der Waals surface area (Å²) in [5.41, 5.74) is 7.08. The van der Waals surface area contributed by atoms with Gasteiger partial charge in [0.15, 0.2) is 0 Å². The molecule has 0 unspecified atom stereocenters. The van der Waals surface area contributed by atoms with Gasteiger partial charge in [-0.3, -0.25) is 25.2 Å². The van der Waals surface area contributed by atoms with Gasteiger partial charge < -0.3 is 5.32 Å². The summed E-state index contributed by atoms with van der Waals surface area (Å²) in [6, 6.07) is 20.8. The number of rotatable bonds is 4. The predicted octanol–water partition coefficient (Wildman–Crippen LogP) is 5.19. The standard InChI is InChI=1S/C24H18ClN3O3S/c1-14-6-8-15(9-7-14)22(29)27-28-23(30)16-10-12-17(13-11-16)26-24(31)21-20(25)18-4-2-3-5-19(18)32-21/h2-13H,1H3,(H,26,31)(H,27,29)(H,28,30). The molecule has 1 aromatic heterocycles. The topological polar surface area (TPSA) is 87.3 Å². The Bertz CT molecular complexity index is 1310. The number of aryl methyl sites for hydroxylation is 1. The Morgan fingerprint density at radius 1 is 0.750 bits per heavy atom. The lowest BCUT2D eigenvalue weighted by atomic mass is 10.1. The lowest BCUT2D eigenvalue weighted by Gasteiger charge is -2.09. The molecule has 0 fully saturated rings. The molecule has 3 amide bonds. The molecule has 0 aliphatic rings. The van der Waals surface area contributed by atoms with E-state index in [1.54, 1.807) is 36.4 Å². The fraction of sp³-hybridized carbons (Fsp3) is 0.0417. The summed E-state index contributed by atoms with van der Waals surface area (Å²) < 4.78 is 0.933. The maximum atomic E-state index is 12.6. The van der Waals surface area contributed by atoms with Gasteiger partial charge in [-0.25, -0.2) is 0 Å². The predicted molar refractivity (Wildman–Crippen MR) is 127 cm³/mol. The van der Waals surface area contributed by atoms with Crippen LogP contribution in [0.1, 0.15) is 36.0 Å². The van der Waals surface area contributed by atoms with Crippen LogP contribution in [0, 0.1) is 6.92 Å². The van der Waals surface area contributed by atoms with Gasteiger partial charge in [-0.2, -0.15) is 0 Å². The summed E-state index contributed by atoms with van der Waals surface area (Å²) in [4.78, 5) is 37.5. The Morgan fingerprint density at radius 3 is 1.91 bits per heavy atom. The molecular weight excluding hydrogens is 446 g/mol. The first-order valence-electron chi connectivity index (χ1n) is 9.68. The van der Waals surface area contributed by atoms with Gasteiger partial charge in [0.1, 0.15) is 4.88 Å². The molecule has 8 heteroatoms. The van der Waals surface area contributed by atoms with E-state index in [1.165, 1.54) is 11.3 Å². The largest absolute Gasteiger partial charge is 0.321 e. The van der Waals surface area contributed by atoms with Crippen LogP contribution in [0.3, 0.4) is 0 Å². The van der Waals surface area contributed by atoms with E-state index in [0.29, 0.717) is 26.7 Å². The zero-order chi connectivity index (χ0) is 22.7. The molecule has 0 saturated carbocycles. The third-order valence-corrected chi connectivity index (χ3v) is 6.42. The number of hydrogen-bond acceptors (Lipinski definition) is 4. The molecule has 32 heavy (non-hydrogen) atoms. The number of thiophene rings is 1. The Balaban J connectivity index is 1.37. The second-order valence-electron chi connectivity index (χ2n) is 7.05. The number of carbonyl (C=O) groups excluding carboxylic acids is 3. The fourth-order valence-corrected chi connectivity index (χ4v) is 4.43. The monoisotopic (exact) mass is 463 g/mol. The van der Waals surface area contributed by atoms with Gasteiger partial charge in [-0.05, 0) is 49.4 Å². The van der Waals surface area contributed by atoms with Gasteiger partial charge in [0, 0.05) is 26.9 Å². The number of carbonyl (C=O) groups is 3. The molecule has 3 N–H and O–H groups in total. The number of anilines is 1. The third kappa shape index (κ3) is 4.64. The van der Waals surface area contributed by atoms with Crippen LogP contribution >= 0.6 is 22.9 Å². The van der Waals surface area contributed by atoms with Crippen LogP contribution in [0.25, 0.3) is 10.1 Å². The van der Waals surface area contributed by atoms with E-state index in [2.05, 4.69) is 16.2 Å². The number of hydrogen-bond donors (Lipinski definition) is 3. The Kier molecular flexibility index (Phi) is 6.20. The van der Waals surface area contributed by atoms with Gasteiger partial charge in [-0.15, -0.1) is 11.3 Å². The molecular formula is C24H18ClN3O3S. The Hall–Kier alpha value is -3.68. The first-order valence-corrected chi connectivity index (χ1v) is 10.9. The summed E-state index contributed by atoms with van der Waals surface area (Å²) in [5.74, 6) is -1.21. The van der Waals surface area contributed by atoms with Gasteiger partial charge in [0.25, 0.3) is 17.7 Å². The molecule has 0 bridgehead atoms. The molecule has 0 radical (unpaired) electrons. The van der Waals surface area contributed by atoms with E-state index in [9.17, 15) is 14.4 Å². The quantitative estimate of drug-likeness (QED) is 0.364. The molecule has 4 rings (SSSR count). The SMILES string of the molecule is Cc1ccc(C(=O)NNC(=O)c2ccc(NC(=O)c3sc4ccccc4c3Cl)cc2)cc1. The molecule has 1 heterocycles. The summed E-state index contributed by atoms with van der Waals surface area (Å²) in [5, 5.41) is 4.04. The average Bonchev–Trinajstić information content (AvgIpc) is 3.15. The lowest BCUT2D eigenvalue weighted by molar-refractivity contribution is 0.0846. The van der Waals surface area contributed by atoms with Crippen LogP contribution in [0.15, 0.2) is 72.8 Å². The number of hydrazine groups is 1. The second-order valence-corrected chi connectivity index (χ2v) is 8.48. The summed E-state index contributed by atoms with van der Waals surface area (Å²) in [6.45, 7) is 1.92. The zero-order valence-corrected chi connectivity index (χ0v) is 18.5. The zero-order valence-electron chi connectivity index (χ0n) is 16.9. The smallest absolute Gasteiger partial charge is 0.269 e. The van der Waals surface area contributed by atoms with Crippen molar-refractivity contribution < 1.29 is 14.4 Å². The van der Waals surface area contributed by atoms with Crippen LogP contribution in [0.2, 0.25) is 5.02 Å². The van der Waals surface area contributed by atoms with Crippen molar-refractivity contribution in [2.75, 3.05) is 5.32 Å². The van der Waals surface area contributed by atoms with Crippen molar-refractivity contribution in [1.29, 1.82) is 0 Å². The first-order chi connectivity index (χ1) is 15.4. The van der Waals surface area contributed by atoms with Gasteiger partial charge in [0.05, 0.1) is 5.02 Å². The highest BCUT2D eigenvalue weighted by Crippen LogP contribution is 2.35. The van der Waals surface area contributed by atoms with Crippen molar-refractivity contribution in [2.24, 2.45) is 0 Å². The number of fused-ring (bicyclic) bond motifs is 1. The highest BCUT2D eigenvalue weighted by Gasteiger charge is 2.17. The lowest BCUT2D eigenvalue weighted by Crippen LogP contribution is -2.41. The van der Waals surface area contributed by atoms with Crippen LogP contribution < -0.4 is 16.2 Å². The molecule has 0 atom stereocenters. The fourth-order valence-electron chi connectivity index (χ4n) is 3.02. The molecule has 3 aromatic carbocycles. The number of benzene rings is 3. The third-order valence-electron chi connectivity index (χ3n) is 4.75. The Morgan fingerprint density at radius 2 is 1.31 bits per heavy atom. The van der Waals surface area contributed by atoms with Crippen molar-refractivity contribution >= 4 is 56.4 Å².